The smallest absolute Gasteiger partial charge is 0.119 e. The molecule has 18 heavy (non-hydrogen) atoms. The Balaban J connectivity index is 1.94. The molecule has 1 unspecified atom stereocenters. The molecule has 1 aromatic carbocycles. The molecule has 0 saturated carbocycles. The maximum absolute atomic E-state index is 5.61. The van der Waals surface area contributed by atoms with E-state index < -0.39 is 0 Å². The first-order chi connectivity index (χ1) is 8.83. The molecule has 1 aliphatic heterocycles. The summed E-state index contributed by atoms with van der Waals surface area (Å²) in [5, 5.41) is 0. The van der Waals surface area contributed by atoms with E-state index in [2.05, 4.69) is 23.1 Å². The lowest BCUT2D eigenvalue weighted by Crippen LogP contribution is -2.29. The number of nitrogens with zero attached hydrogens (tertiary/aromatic N) is 1. The third-order valence-electron chi connectivity index (χ3n) is 3.76. The van der Waals surface area contributed by atoms with Crippen molar-refractivity contribution in [3.05, 3.63) is 29.8 Å². The van der Waals surface area contributed by atoms with Gasteiger partial charge in [-0.3, -0.25) is 4.90 Å². The average molecular weight is 248 g/mol. The summed E-state index contributed by atoms with van der Waals surface area (Å²) in [7, 11) is 1.72. The molecule has 1 saturated heterocycles. The van der Waals surface area contributed by atoms with Crippen molar-refractivity contribution in [1.29, 1.82) is 0 Å². The van der Waals surface area contributed by atoms with Gasteiger partial charge in [-0.05, 0) is 56.5 Å². The van der Waals surface area contributed by atoms with Crippen LogP contribution in [-0.2, 0) is 6.54 Å². The highest BCUT2D eigenvalue weighted by atomic mass is 16.5. The Morgan fingerprint density at radius 2 is 2.33 bits per heavy atom. The van der Waals surface area contributed by atoms with E-state index in [4.69, 9.17) is 10.5 Å². The van der Waals surface area contributed by atoms with Crippen molar-refractivity contribution in [2.24, 2.45) is 5.73 Å². The fourth-order valence-corrected chi connectivity index (χ4v) is 2.79. The van der Waals surface area contributed by atoms with Gasteiger partial charge in [0, 0.05) is 12.6 Å². The van der Waals surface area contributed by atoms with E-state index >= 15 is 0 Å². The Morgan fingerprint density at radius 3 is 3.11 bits per heavy atom. The van der Waals surface area contributed by atoms with Crippen LogP contribution in [0.4, 0.5) is 0 Å². The number of hydrogen-bond acceptors (Lipinski definition) is 3. The average Bonchev–Trinajstić information content (AvgIpc) is 2.84. The minimum absolute atomic E-state index is 0.722. The van der Waals surface area contributed by atoms with Crippen LogP contribution < -0.4 is 10.5 Å². The Morgan fingerprint density at radius 1 is 1.44 bits per heavy atom. The van der Waals surface area contributed by atoms with Crippen LogP contribution in [0.15, 0.2) is 24.3 Å². The first-order valence-electron chi connectivity index (χ1n) is 6.90. The predicted octanol–water partition coefficient (Wildman–Crippen LogP) is 2.40. The van der Waals surface area contributed by atoms with Gasteiger partial charge in [-0.1, -0.05) is 12.1 Å². The number of hydrogen-bond donors (Lipinski definition) is 1. The molecule has 1 aromatic rings. The second kappa shape index (κ2) is 6.76. The Kier molecular flexibility index (Phi) is 5.02. The normalized spacial score (nSPS) is 20.2. The van der Waals surface area contributed by atoms with E-state index in [1.54, 1.807) is 7.11 Å². The quantitative estimate of drug-likeness (QED) is 0.840. The van der Waals surface area contributed by atoms with Crippen LogP contribution in [-0.4, -0.2) is 31.1 Å². The van der Waals surface area contributed by atoms with Crippen LogP contribution in [0.5, 0.6) is 5.75 Å². The molecule has 1 aliphatic rings. The minimum atomic E-state index is 0.722. The zero-order chi connectivity index (χ0) is 12.8. The second-order valence-electron chi connectivity index (χ2n) is 5.05. The summed E-state index contributed by atoms with van der Waals surface area (Å²) >= 11 is 0. The van der Waals surface area contributed by atoms with E-state index in [1.807, 2.05) is 6.07 Å². The van der Waals surface area contributed by atoms with Gasteiger partial charge < -0.3 is 10.5 Å². The van der Waals surface area contributed by atoms with Crippen LogP contribution >= 0.6 is 0 Å². The zero-order valence-electron chi connectivity index (χ0n) is 11.3. The molecule has 1 heterocycles. The Hall–Kier alpha value is -1.06. The van der Waals surface area contributed by atoms with Crippen molar-refractivity contribution >= 4 is 0 Å². The molecule has 0 amide bonds. The van der Waals surface area contributed by atoms with Crippen molar-refractivity contribution in [2.45, 2.75) is 38.3 Å². The number of likely N-dealkylation sites (tertiary alicyclic amines) is 1. The van der Waals surface area contributed by atoms with E-state index in [1.165, 1.54) is 31.4 Å². The van der Waals surface area contributed by atoms with Gasteiger partial charge in [-0.15, -0.1) is 0 Å². The number of ether oxygens (including phenoxy) is 1. The summed E-state index contributed by atoms with van der Waals surface area (Å²) in [5.41, 5.74) is 6.95. The third kappa shape index (κ3) is 3.47. The SMILES string of the molecule is COc1cccc(CN2CCCC2CCCN)c1. The molecular formula is C15H24N2O. The monoisotopic (exact) mass is 248 g/mol. The van der Waals surface area contributed by atoms with E-state index in [9.17, 15) is 0 Å². The second-order valence-corrected chi connectivity index (χ2v) is 5.05. The zero-order valence-corrected chi connectivity index (χ0v) is 11.3. The Labute approximate surface area is 110 Å². The number of nitrogens with two attached hydrogens (primary N) is 1. The van der Waals surface area contributed by atoms with Gasteiger partial charge in [0.05, 0.1) is 7.11 Å². The van der Waals surface area contributed by atoms with Gasteiger partial charge in [0.15, 0.2) is 0 Å². The fourth-order valence-electron chi connectivity index (χ4n) is 2.79. The standard InChI is InChI=1S/C15H24N2O/c1-18-15-8-2-5-13(11-15)12-17-10-4-7-14(17)6-3-9-16/h2,5,8,11,14H,3-4,6-7,9-10,12,16H2,1H3. The van der Waals surface area contributed by atoms with Crippen LogP contribution in [0.25, 0.3) is 0 Å². The Bertz CT molecular complexity index is 367. The van der Waals surface area contributed by atoms with E-state index in [-0.39, 0.29) is 0 Å². The first kappa shape index (κ1) is 13.4. The fraction of sp³-hybridized carbons (Fsp3) is 0.600. The summed E-state index contributed by atoms with van der Waals surface area (Å²) in [6.07, 6.45) is 5.02. The summed E-state index contributed by atoms with van der Waals surface area (Å²) in [6, 6.07) is 9.11. The van der Waals surface area contributed by atoms with Crippen molar-refractivity contribution in [2.75, 3.05) is 20.2 Å². The molecule has 3 nitrogen and oxygen atoms in total. The highest BCUT2D eigenvalue weighted by molar-refractivity contribution is 5.28. The lowest BCUT2D eigenvalue weighted by Gasteiger charge is -2.24. The topological polar surface area (TPSA) is 38.5 Å². The molecule has 0 spiro atoms. The third-order valence-corrected chi connectivity index (χ3v) is 3.76. The van der Waals surface area contributed by atoms with Gasteiger partial charge in [0.1, 0.15) is 5.75 Å². The molecule has 1 atom stereocenters. The highest BCUT2D eigenvalue weighted by Crippen LogP contribution is 2.24. The number of rotatable bonds is 6. The van der Waals surface area contributed by atoms with Gasteiger partial charge >= 0.3 is 0 Å². The maximum Gasteiger partial charge on any atom is 0.119 e. The van der Waals surface area contributed by atoms with Crippen LogP contribution in [0, 0.1) is 0 Å². The lowest BCUT2D eigenvalue weighted by molar-refractivity contribution is 0.232. The summed E-state index contributed by atoms with van der Waals surface area (Å²) in [4.78, 5) is 2.59. The van der Waals surface area contributed by atoms with Crippen molar-refractivity contribution in [3.63, 3.8) is 0 Å². The first-order valence-corrected chi connectivity index (χ1v) is 6.90. The molecule has 2 rings (SSSR count). The molecule has 0 bridgehead atoms. The molecule has 2 N–H and O–H groups in total. The van der Waals surface area contributed by atoms with Crippen LogP contribution in [0.1, 0.15) is 31.2 Å². The van der Waals surface area contributed by atoms with Gasteiger partial charge in [0.25, 0.3) is 0 Å². The molecule has 1 fully saturated rings. The van der Waals surface area contributed by atoms with Crippen molar-refractivity contribution < 1.29 is 4.74 Å². The molecular weight excluding hydrogens is 224 g/mol. The van der Waals surface area contributed by atoms with Crippen LogP contribution in [0.3, 0.4) is 0 Å². The van der Waals surface area contributed by atoms with Gasteiger partial charge in [-0.2, -0.15) is 0 Å². The molecule has 0 aromatic heterocycles. The van der Waals surface area contributed by atoms with E-state index in [0.29, 0.717) is 0 Å². The van der Waals surface area contributed by atoms with Gasteiger partial charge in [0.2, 0.25) is 0 Å². The minimum Gasteiger partial charge on any atom is -0.497 e. The summed E-state index contributed by atoms with van der Waals surface area (Å²) < 4.78 is 5.28. The van der Waals surface area contributed by atoms with Crippen molar-refractivity contribution in [3.8, 4) is 5.75 Å². The summed E-state index contributed by atoms with van der Waals surface area (Å²) in [5.74, 6) is 0.949. The van der Waals surface area contributed by atoms with Crippen LogP contribution in [0.2, 0.25) is 0 Å². The van der Waals surface area contributed by atoms with Gasteiger partial charge in [-0.25, -0.2) is 0 Å². The maximum atomic E-state index is 5.61. The van der Waals surface area contributed by atoms with E-state index in [0.717, 1.165) is 31.3 Å². The van der Waals surface area contributed by atoms with Crippen molar-refractivity contribution in [1.82, 2.24) is 4.90 Å². The predicted molar refractivity (Wildman–Crippen MR) is 74.7 cm³/mol. The molecule has 0 aliphatic carbocycles. The lowest BCUT2D eigenvalue weighted by atomic mass is 10.1. The number of methoxy groups -OCH3 is 1. The summed E-state index contributed by atoms with van der Waals surface area (Å²) in [6.45, 7) is 3.06. The molecule has 0 radical (unpaired) electrons. The largest absolute Gasteiger partial charge is 0.497 e. The highest BCUT2D eigenvalue weighted by Gasteiger charge is 2.23. The molecule has 100 valence electrons. The molecule has 3 heteroatoms. The number of benzene rings is 1.